The third kappa shape index (κ3) is 3.63. The van der Waals surface area contributed by atoms with E-state index < -0.39 is 4.92 Å². The lowest BCUT2D eigenvalue weighted by atomic mass is 10.1. The quantitative estimate of drug-likeness (QED) is 0.639. The molecule has 1 aliphatic heterocycles. The Hall–Kier alpha value is -2.24. The van der Waals surface area contributed by atoms with E-state index in [1.165, 1.54) is 6.07 Å². The molecule has 108 valence electrons. The first-order valence-corrected chi connectivity index (χ1v) is 6.66. The minimum Gasteiger partial charge on any atom is -0.497 e. The van der Waals surface area contributed by atoms with Gasteiger partial charge in [-0.05, 0) is 38.0 Å². The molecule has 0 saturated heterocycles. The average Bonchev–Trinajstić information content (AvgIpc) is 2.47. The van der Waals surface area contributed by atoms with Crippen molar-refractivity contribution in [2.75, 3.05) is 18.5 Å². The number of hydrogen-bond donors (Lipinski definition) is 1. The standard InChI is InChI=1S/C14H18N2O4/c1-2-19-11-6-7-13(14(9-11)16(17)18)15-10-12-5-3-4-8-20-12/h4,6-9,12,15H,2-3,5,10H2,1H3. The average molecular weight is 278 g/mol. The second-order valence-corrected chi connectivity index (χ2v) is 4.46. The number of nitrogens with zero attached hydrogens (tertiary/aromatic N) is 1. The molecule has 1 unspecified atom stereocenters. The molecule has 0 aromatic heterocycles. The number of hydrogen-bond acceptors (Lipinski definition) is 5. The van der Waals surface area contributed by atoms with Crippen molar-refractivity contribution < 1.29 is 14.4 Å². The minimum atomic E-state index is -0.410. The maximum atomic E-state index is 11.1. The number of nitro benzene ring substituents is 1. The molecular formula is C14H18N2O4. The maximum Gasteiger partial charge on any atom is 0.296 e. The third-order valence-corrected chi connectivity index (χ3v) is 3.02. The van der Waals surface area contributed by atoms with Crippen molar-refractivity contribution in [3.05, 3.63) is 40.7 Å². The lowest BCUT2D eigenvalue weighted by molar-refractivity contribution is -0.384. The van der Waals surface area contributed by atoms with Crippen molar-refractivity contribution >= 4 is 11.4 Å². The zero-order valence-corrected chi connectivity index (χ0v) is 11.4. The molecule has 1 aromatic rings. The van der Waals surface area contributed by atoms with Crippen LogP contribution in [0.1, 0.15) is 19.8 Å². The Morgan fingerprint density at radius 2 is 2.40 bits per heavy atom. The van der Waals surface area contributed by atoms with Crippen LogP contribution in [-0.4, -0.2) is 24.2 Å². The molecule has 0 saturated carbocycles. The summed E-state index contributed by atoms with van der Waals surface area (Å²) in [5.74, 6) is 0.501. The smallest absolute Gasteiger partial charge is 0.296 e. The molecule has 0 bridgehead atoms. The van der Waals surface area contributed by atoms with Crippen molar-refractivity contribution in [1.82, 2.24) is 0 Å². The molecule has 6 nitrogen and oxygen atoms in total. The van der Waals surface area contributed by atoms with Gasteiger partial charge in [-0.1, -0.05) is 0 Å². The van der Waals surface area contributed by atoms with Gasteiger partial charge in [0.1, 0.15) is 17.5 Å². The molecule has 0 fully saturated rings. The van der Waals surface area contributed by atoms with E-state index in [1.807, 2.05) is 13.0 Å². The van der Waals surface area contributed by atoms with Gasteiger partial charge in [0, 0.05) is 0 Å². The van der Waals surface area contributed by atoms with Gasteiger partial charge < -0.3 is 14.8 Å². The second-order valence-electron chi connectivity index (χ2n) is 4.46. The summed E-state index contributed by atoms with van der Waals surface area (Å²) in [7, 11) is 0. The van der Waals surface area contributed by atoms with E-state index in [0.717, 1.165) is 12.8 Å². The Morgan fingerprint density at radius 3 is 3.05 bits per heavy atom. The van der Waals surface area contributed by atoms with Gasteiger partial charge in [-0.15, -0.1) is 0 Å². The summed E-state index contributed by atoms with van der Waals surface area (Å²) in [4.78, 5) is 10.7. The van der Waals surface area contributed by atoms with Gasteiger partial charge in [-0.3, -0.25) is 10.1 Å². The van der Waals surface area contributed by atoms with Crippen LogP contribution in [0.25, 0.3) is 0 Å². The molecule has 1 aromatic carbocycles. The summed E-state index contributed by atoms with van der Waals surface area (Å²) in [5, 5.41) is 14.2. The van der Waals surface area contributed by atoms with E-state index in [9.17, 15) is 10.1 Å². The second kappa shape index (κ2) is 6.79. The Kier molecular flexibility index (Phi) is 4.81. The minimum absolute atomic E-state index is 0.0160. The molecule has 1 atom stereocenters. The van der Waals surface area contributed by atoms with Crippen LogP contribution in [0.2, 0.25) is 0 Å². The summed E-state index contributed by atoms with van der Waals surface area (Å²) in [6, 6.07) is 4.83. The molecule has 1 aliphatic rings. The first-order chi connectivity index (χ1) is 9.70. The Morgan fingerprint density at radius 1 is 1.55 bits per heavy atom. The number of nitro groups is 1. The molecule has 0 spiro atoms. The molecule has 0 amide bonds. The normalized spacial score (nSPS) is 17.4. The highest BCUT2D eigenvalue weighted by atomic mass is 16.6. The molecule has 1 heterocycles. The van der Waals surface area contributed by atoms with Crippen molar-refractivity contribution in [1.29, 1.82) is 0 Å². The van der Waals surface area contributed by atoms with E-state index in [2.05, 4.69) is 5.32 Å². The molecule has 0 aliphatic carbocycles. The third-order valence-electron chi connectivity index (χ3n) is 3.02. The molecule has 20 heavy (non-hydrogen) atoms. The zero-order chi connectivity index (χ0) is 14.4. The molecule has 2 rings (SSSR count). The van der Waals surface area contributed by atoms with Crippen LogP contribution in [0.15, 0.2) is 30.5 Å². The van der Waals surface area contributed by atoms with E-state index in [-0.39, 0.29) is 11.8 Å². The van der Waals surface area contributed by atoms with E-state index in [4.69, 9.17) is 9.47 Å². The summed E-state index contributed by atoms with van der Waals surface area (Å²) < 4.78 is 10.7. The van der Waals surface area contributed by atoms with Crippen LogP contribution >= 0.6 is 0 Å². The van der Waals surface area contributed by atoms with Gasteiger partial charge in [0.25, 0.3) is 5.69 Å². The van der Waals surface area contributed by atoms with Crippen LogP contribution in [0, 0.1) is 10.1 Å². The monoisotopic (exact) mass is 278 g/mol. The number of benzene rings is 1. The lowest BCUT2D eigenvalue weighted by Crippen LogP contribution is -2.23. The van der Waals surface area contributed by atoms with E-state index in [0.29, 0.717) is 24.6 Å². The molecule has 6 heteroatoms. The van der Waals surface area contributed by atoms with Gasteiger partial charge in [0.05, 0.1) is 30.4 Å². The number of nitrogens with one attached hydrogen (secondary N) is 1. The van der Waals surface area contributed by atoms with Gasteiger partial charge in [0.15, 0.2) is 0 Å². The summed E-state index contributed by atoms with van der Waals surface area (Å²) in [5.41, 5.74) is 0.499. The maximum absolute atomic E-state index is 11.1. The highest BCUT2D eigenvalue weighted by molar-refractivity contribution is 5.63. The molecule has 1 N–H and O–H groups in total. The predicted octanol–water partition coefficient (Wildman–Crippen LogP) is 3.10. The fourth-order valence-electron chi connectivity index (χ4n) is 2.03. The first-order valence-electron chi connectivity index (χ1n) is 6.66. The molecule has 0 radical (unpaired) electrons. The van der Waals surface area contributed by atoms with Crippen molar-refractivity contribution in [3.63, 3.8) is 0 Å². The molecular weight excluding hydrogens is 260 g/mol. The lowest BCUT2D eigenvalue weighted by Gasteiger charge is -2.20. The first kappa shape index (κ1) is 14.2. The van der Waals surface area contributed by atoms with Crippen LogP contribution in [-0.2, 0) is 4.74 Å². The number of ether oxygens (including phenoxy) is 2. The number of allylic oxidation sites excluding steroid dienone is 1. The van der Waals surface area contributed by atoms with Crippen LogP contribution in [0.5, 0.6) is 5.75 Å². The predicted molar refractivity (Wildman–Crippen MR) is 76.0 cm³/mol. The topological polar surface area (TPSA) is 73.6 Å². The van der Waals surface area contributed by atoms with Crippen LogP contribution in [0.4, 0.5) is 11.4 Å². The fourth-order valence-corrected chi connectivity index (χ4v) is 2.03. The summed E-state index contributed by atoms with van der Waals surface area (Å²) in [6.07, 6.45) is 5.58. The van der Waals surface area contributed by atoms with E-state index >= 15 is 0 Å². The van der Waals surface area contributed by atoms with Crippen LogP contribution in [0.3, 0.4) is 0 Å². The van der Waals surface area contributed by atoms with Gasteiger partial charge in [-0.25, -0.2) is 0 Å². The van der Waals surface area contributed by atoms with Gasteiger partial charge in [-0.2, -0.15) is 0 Å². The van der Waals surface area contributed by atoms with Crippen molar-refractivity contribution in [2.24, 2.45) is 0 Å². The SMILES string of the molecule is CCOc1ccc(NCC2CCC=CO2)c([N+](=O)[O-])c1. The van der Waals surface area contributed by atoms with Crippen molar-refractivity contribution in [2.45, 2.75) is 25.9 Å². The number of rotatable bonds is 6. The summed E-state index contributed by atoms with van der Waals surface area (Å²) in [6.45, 7) is 2.86. The highest BCUT2D eigenvalue weighted by Gasteiger charge is 2.17. The van der Waals surface area contributed by atoms with Gasteiger partial charge >= 0.3 is 0 Å². The zero-order valence-electron chi connectivity index (χ0n) is 11.4. The Balaban J connectivity index is 2.05. The summed E-state index contributed by atoms with van der Waals surface area (Å²) >= 11 is 0. The van der Waals surface area contributed by atoms with Crippen molar-refractivity contribution in [3.8, 4) is 5.75 Å². The van der Waals surface area contributed by atoms with E-state index in [1.54, 1.807) is 18.4 Å². The number of anilines is 1. The largest absolute Gasteiger partial charge is 0.497 e. The Bertz CT molecular complexity index is 502. The highest BCUT2D eigenvalue weighted by Crippen LogP contribution is 2.29. The Labute approximate surface area is 117 Å². The van der Waals surface area contributed by atoms with Crippen LogP contribution < -0.4 is 10.1 Å². The fraction of sp³-hybridized carbons (Fsp3) is 0.429. The van der Waals surface area contributed by atoms with Gasteiger partial charge in [0.2, 0.25) is 0 Å².